The minimum atomic E-state index is -1.37. The predicted molar refractivity (Wildman–Crippen MR) is 102 cm³/mol. The number of hydrogen-bond donors (Lipinski definition) is 3. The van der Waals surface area contributed by atoms with E-state index in [1.807, 2.05) is 24.3 Å². The number of carbonyl (C=O) groups excluding carboxylic acids is 2. The number of hydrogen-bond acceptors (Lipinski definition) is 5. The van der Waals surface area contributed by atoms with Gasteiger partial charge in [0.25, 0.3) is 5.91 Å². The van der Waals surface area contributed by atoms with Crippen molar-refractivity contribution in [2.75, 3.05) is 13.7 Å². The smallest absolute Gasteiger partial charge is 0.328 e. The Kier molecular flexibility index (Phi) is 7.71. The van der Waals surface area contributed by atoms with Crippen LogP contribution in [0.5, 0.6) is 0 Å². The third-order valence-electron chi connectivity index (χ3n) is 4.37. The zero-order valence-corrected chi connectivity index (χ0v) is 15.6. The topological polar surface area (TPSA) is 113 Å². The van der Waals surface area contributed by atoms with E-state index < -0.39 is 24.5 Å². The molecule has 2 rings (SSSR count). The summed E-state index contributed by atoms with van der Waals surface area (Å²) in [4.78, 5) is 35.0. The predicted octanol–water partition coefficient (Wildman–Crippen LogP) is 1.56. The van der Waals surface area contributed by atoms with Crippen LogP contribution in [0.1, 0.15) is 33.5 Å². The number of benzene rings is 2. The number of amides is 1. The summed E-state index contributed by atoms with van der Waals surface area (Å²) in [6.45, 7) is -0.695. The Morgan fingerprint density at radius 1 is 1.00 bits per heavy atom. The van der Waals surface area contributed by atoms with Crippen LogP contribution in [0.3, 0.4) is 0 Å². The van der Waals surface area contributed by atoms with Crippen molar-refractivity contribution in [3.63, 3.8) is 0 Å². The fourth-order valence-corrected chi connectivity index (χ4v) is 2.84. The lowest BCUT2D eigenvalue weighted by atomic mass is 9.94. The van der Waals surface area contributed by atoms with Crippen molar-refractivity contribution in [1.82, 2.24) is 5.32 Å². The highest BCUT2D eigenvalue weighted by Crippen LogP contribution is 2.19. The first-order valence-electron chi connectivity index (χ1n) is 8.82. The van der Waals surface area contributed by atoms with Crippen LogP contribution in [0.2, 0.25) is 0 Å². The number of aliphatic hydroxyl groups excluding tert-OH is 1. The van der Waals surface area contributed by atoms with Gasteiger partial charge in [-0.1, -0.05) is 42.5 Å². The third kappa shape index (κ3) is 5.65. The molecule has 28 heavy (non-hydrogen) atoms. The Labute approximate surface area is 163 Å². The van der Waals surface area contributed by atoms with Crippen LogP contribution in [0, 0.1) is 0 Å². The molecule has 7 nitrogen and oxygen atoms in total. The third-order valence-corrected chi connectivity index (χ3v) is 4.37. The van der Waals surface area contributed by atoms with Gasteiger partial charge in [-0.3, -0.25) is 9.59 Å². The maximum atomic E-state index is 12.5. The van der Waals surface area contributed by atoms with Crippen molar-refractivity contribution in [1.29, 1.82) is 0 Å². The molecule has 0 spiro atoms. The number of methoxy groups -OCH3 is 1. The van der Waals surface area contributed by atoms with Crippen LogP contribution in [-0.4, -0.2) is 47.8 Å². The van der Waals surface area contributed by atoms with Crippen LogP contribution in [0.15, 0.2) is 48.5 Å². The van der Waals surface area contributed by atoms with Crippen molar-refractivity contribution in [2.24, 2.45) is 0 Å². The van der Waals surface area contributed by atoms with E-state index in [4.69, 9.17) is 10.2 Å². The number of rotatable bonds is 9. The highest BCUT2D eigenvalue weighted by Gasteiger charge is 2.21. The SMILES string of the molecule is COC(=O)CCc1ccccc1Cc1ccccc1C(=O)N[C@@H](CO)C(=O)O. The molecule has 0 unspecified atom stereocenters. The van der Waals surface area contributed by atoms with Gasteiger partial charge in [-0.2, -0.15) is 0 Å². The maximum absolute atomic E-state index is 12.5. The zero-order valence-electron chi connectivity index (χ0n) is 15.6. The lowest BCUT2D eigenvalue weighted by Crippen LogP contribution is -2.43. The summed E-state index contributed by atoms with van der Waals surface area (Å²) in [5.74, 6) is -2.16. The summed E-state index contributed by atoms with van der Waals surface area (Å²) in [7, 11) is 1.35. The Morgan fingerprint density at radius 2 is 1.61 bits per heavy atom. The number of esters is 1. The number of aryl methyl sites for hydroxylation is 1. The van der Waals surface area contributed by atoms with Crippen molar-refractivity contribution in [3.8, 4) is 0 Å². The molecule has 0 saturated carbocycles. The molecule has 0 aromatic heterocycles. The van der Waals surface area contributed by atoms with Crippen LogP contribution in [-0.2, 0) is 27.2 Å². The molecule has 3 N–H and O–H groups in total. The van der Waals surface area contributed by atoms with Gasteiger partial charge in [0.15, 0.2) is 6.04 Å². The highest BCUT2D eigenvalue weighted by atomic mass is 16.5. The zero-order chi connectivity index (χ0) is 20.5. The number of carbonyl (C=O) groups is 3. The Bertz CT molecular complexity index is 848. The molecule has 0 aliphatic heterocycles. The second-order valence-corrected chi connectivity index (χ2v) is 6.23. The van der Waals surface area contributed by atoms with Gasteiger partial charge in [0, 0.05) is 12.0 Å². The van der Waals surface area contributed by atoms with Crippen LogP contribution >= 0.6 is 0 Å². The van der Waals surface area contributed by atoms with Gasteiger partial charge in [-0.05, 0) is 35.6 Å². The fraction of sp³-hybridized carbons (Fsp3) is 0.286. The van der Waals surface area contributed by atoms with Crippen LogP contribution in [0.25, 0.3) is 0 Å². The molecule has 0 fully saturated rings. The van der Waals surface area contributed by atoms with Gasteiger partial charge in [-0.15, -0.1) is 0 Å². The summed E-state index contributed by atoms with van der Waals surface area (Å²) < 4.78 is 4.69. The lowest BCUT2D eigenvalue weighted by molar-refractivity contribution is -0.141. The molecule has 148 valence electrons. The minimum Gasteiger partial charge on any atom is -0.480 e. The average Bonchev–Trinajstić information content (AvgIpc) is 2.71. The van der Waals surface area contributed by atoms with Gasteiger partial charge < -0.3 is 20.3 Å². The number of carboxylic acid groups (broad SMARTS) is 1. The highest BCUT2D eigenvalue weighted by molar-refractivity contribution is 5.98. The number of carboxylic acids is 1. The maximum Gasteiger partial charge on any atom is 0.328 e. The van der Waals surface area contributed by atoms with E-state index in [1.54, 1.807) is 24.3 Å². The van der Waals surface area contributed by atoms with Crippen molar-refractivity contribution < 1.29 is 29.3 Å². The first-order valence-corrected chi connectivity index (χ1v) is 8.82. The number of ether oxygens (including phenoxy) is 1. The van der Waals surface area contributed by atoms with Gasteiger partial charge in [0.1, 0.15) is 0 Å². The largest absolute Gasteiger partial charge is 0.480 e. The molecule has 1 atom stereocenters. The number of nitrogens with one attached hydrogen (secondary N) is 1. The summed E-state index contributed by atoms with van der Waals surface area (Å²) in [6, 6.07) is 13.1. The summed E-state index contributed by atoms with van der Waals surface area (Å²) in [5.41, 5.74) is 2.99. The molecule has 0 radical (unpaired) electrons. The van der Waals surface area contributed by atoms with E-state index in [2.05, 4.69) is 10.1 Å². The van der Waals surface area contributed by atoms with E-state index >= 15 is 0 Å². The van der Waals surface area contributed by atoms with Crippen LogP contribution in [0.4, 0.5) is 0 Å². The molecular weight excluding hydrogens is 362 g/mol. The molecule has 1 amide bonds. The first kappa shape index (κ1) is 21.1. The van der Waals surface area contributed by atoms with Crippen LogP contribution < -0.4 is 5.32 Å². The summed E-state index contributed by atoms with van der Waals surface area (Å²) in [6.07, 6.45) is 1.22. The summed E-state index contributed by atoms with van der Waals surface area (Å²) in [5, 5.41) is 20.5. The average molecular weight is 385 g/mol. The van der Waals surface area contributed by atoms with Crippen molar-refractivity contribution in [2.45, 2.75) is 25.3 Å². The molecule has 0 aliphatic rings. The molecule has 0 heterocycles. The number of aliphatic hydroxyl groups is 1. The molecule has 2 aromatic rings. The van der Waals surface area contributed by atoms with Crippen molar-refractivity contribution in [3.05, 3.63) is 70.8 Å². The second-order valence-electron chi connectivity index (χ2n) is 6.23. The van der Waals surface area contributed by atoms with Gasteiger partial charge in [0.2, 0.25) is 0 Å². The van der Waals surface area contributed by atoms with Gasteiger partial charge >= 0.3 is 11.9 Å². The fourth-order valence-electron chi connectivity index (χ4n) is 2.84. The molecule has 2 aromatic carbocycles. The van der Waals surface area contributed by atoms with Gasteiger partial charge in [0.05, 0.1) is 13.7 Å². The first-order chi connectivity index (χ1) is 13.5. The minimum absolute atomic E-state index is 0.256. The Morgan fingerprint density at radius 3 is 2.21 bits per heavy atom. The van der Waals surface area contributed by atoms with E-state index in [9.17, 15) is 14.4 Å². The monoisotopic (exact) mass is 385 g/mol. The lowest BCUT2D eigenvalue weighted by Gasteiger charge is -2.15. The van der Waals surface area contributed by atoms with E-state index in [0.717, 1.165) is 11.1 Å². The quantitative estimate of drug-likeness (QED) is 0.565. The van der Waals surface area contributed by atoms with E-state index in [-0.39, 0.29) is 12.4 Å². The Hall–Kier alpha value is -3.19. The van der Waals surface area contributed by atoms with E-state index in [0.29, 0.717) is 24.0 Å². The standard InChI is InChI=1S/C21H23NO6/c1-28-19(24)11-10-14-6-2-3-7-15(14)12-16-8-4-5-9-17(16)20(25)22-18(13-23)21(26)27/h2-9,18,23H,10-13H2,1H3,(H,22,25)(H,26,27)/t18-/m0/s1. The molecule has 0 bridgehead atoms. The molecule has 7 heteroatoms. The number of aliphatic carboxylic acids is 1. The molecule has 0 aliphatic carbocycles. The van der Waals surface area contributed by atoms with Gasteiger partial charge in [-0.25, -0.2) is 4.79 Å². The molecule has 0 saturated heterocycles. The normalized spacial score (nSPS) is 11.5. The summed E-state index contributed by atoms with van der Waals surface area (Å²) >= 11 is 0. The second kappa shape index (κ2) is 10.2. The van der Waals surface area contributed by atoms with Crippen molar-refractivity contribution >= 4 is 17.8 Å². The Balaban J connectivity index is 2.23. The van der Waals surface area contributed by atoms with E-state index in [1.165, 1.54) is 7.11 Å². The molecular formula is C21H23NO6.